The molecule has 1 unspecified atom stereocenters. The quantitative estimate of drug-likeness (QED) is 0.669. The summed E-state index contributed by atoms with van der Waals surface area (Å²) in [5.41, 5.74) is 0.136. The second-order valence-corrected chi connectivity index (χ2v) is 4.82. The molecular weight excluding hydrogens is 162 g/mol. The monoisotopic (exact) mass is 181 g/mol. The molecule has 74 valence electrons. The van der Waals surface area contributed by atoms with Crippen molar-refractivity contribution in [1.82, 2.24) is 5.32 Å². The Hall–Kier alpha value is -0.370. The zero-order valence-corrected chi connectivity index (χ0v) is 8.44. The molecule has 0 spiro atoms. The lowest BCUT2D eigenvalue weighted by atomic mass is 9.75. The summed E-state index contributed by atoms with van der Waals surface area (Å²) in [5.74, 6) is 1.14. The first kappa shape index (κ1) is 9.20. The summed E-state index contributed by atoms with van der Waals surface area (Å²) in [4.78, 5) is 11.2. The fraction of sp³-hybridized carbons (Fsp3) is 0.909. The lowest BCUT2D eigenvalue weighted by molar-refractivity contribution is -0.116. The average Bonchev–Trinajstić information content (AvgIpc) is 2.49. The lowest BCUT2D eigenvalue weighted by Crippen LogP contribution is -2.44. The Balaban J connectivity index is 2.01. The van der Waals surface area contributed by atoms with E-state index in [1.54, 1.807) is 0 Å². The Bertz CT molecular complexity index is 208. The van der Waals surface area contributed by atoms with E-state index in [2.05, 4.69) is 12.2 Å². The van der Waals surface area contributed by atoms with Crippen LogP contribution in [-0.4, -0.2) is 17.9 Å². The molecule has 0 amide bonds. The number of rotatable bonds is 1. The van der Waals surface area contributed by atoms with Crippen molar-refractivity contribution in [1.29, 1.82) is 0 Å². The number of Topliss-reactive ketones (excluding diaryl/α,β-unsaturated/α-hetero) is 1. The first-order valence-corrected chi connectivity index (χ1v) is 5.47. The van der Waals surface area contributed by atoms with Crippen LogP contribution in [0.15, 0.2) is 0 Å². The topological polar surface area (TPSA) is 29.1 Å². The summed E-state index contributed by atoms with van der Waals surface area (Å²) in [7, 11) is 0. The van der Waals surface area contributed by atoms with Crippen molar-refractivity contribution < 1.29 is 4.79 Å². The highest BCUT2D eigenvalue weighted by Crippen LogP contribution is 2.36. The molecule has 0 radical (unpaired) electrons. The van der Waals surface area contributed by atoms with Crippen LogP contribution in [0.25, 0.3) is 0 Å². The van der Waals surface area contributed by atoms with Crippen molar-refractivity contribution in [3.05, 3.63) is 0 Å². The van der Waals surface area contributed by atoms with Gasteiger partial charge in [0, 0.05) is 12.0 Å². The highest BCUT2D eigenvalue weighted by Gasteiger charge is 2.40. The van der Waals surface area contributed by atoms with Crippen LogP contribution < -0.4 is 5.32 Å². The van der Waals surface area contributed by atoms with Crippen LogP contribution in [-0.2, 0) is 4.79 Å². The van der Waals surface area contributed by atoms with Gasteiger partial charge in [-0.15, -0.1) is 0 Å². The maximum Gasteiger partial charge on any atom is 0.148 e. The molecule has 2 rings (SSSR count). The summed E-state index contributed by atoms with van der Waals surface area (Å²) >= 11 is 0. The van der Waals surface area contributed by atoms with Crippen LogP contribution in [0.4, 0.5) is 0 Å². The molecule has 2 fully saturated rings. The first-order chi connectivity index (χ1) is 6.21. The van der Waals surface area contributed by atoms with E-state index in [9.17, 15) is 4.79 Å². The third-order valence-corrected chi connectivity index (χ3v) is 3.76. The lowest BCUT2D eigenvalue weighted by Gasteiger charge is -2.36. The normalized spacial score (nSPS) is 36.8. The molecule has 13 heavy (non-hydrogen) atoms. The second kappa shape index (κ2) is 3.41. The molecule has 1 atom stereocenters. The van der Waals surface area contributed by atoms with Gasteiger partial charge in [-0.25, -0.2) is 0 Å². The van der Waals surface area contributed by atoms with Crippen LogP contribution in [0.2, 0.25) is 0 Å². The van der Waals surface area contributed by atoms with Crippen molar-refractivity contribution in [2.24, 2.45) is 5.92 Å². The van der Waals surface area contributed by atoms with E-state index in [1.807, 2.05) is 0 Å². The Kier molecular flexibility index (Phi) is 2.41. The molecule has 1 N–H and O–H groups in total. The van der Waals surface area contributed by atoms with E-state index in [0.717, 1.165) is 12.3 Å². The van der Waals surface area contributed by atoms with E-state index in [-0.39, 0.29) is 5.54 Å². The SMILES string of the molecule is CC1(C2CCCCC2)CC(=O)CN1. The van der Waals surface area contributed by atoms with Crippen molar-refractivity contribution in [2.75, 3.05) is 6.54 Å². The van der Waals surface area contributed by atoms with Crippen LogP contribution >= 0.6 is 0 Å². The number of hydrogen-bond donors (Lipinski definition) is 1. The minimum Gasteiger partial charge on any atom is -0.304 e. The maximum atomic E-state index is 11.2. The van der Waals surface area contributed by atoms with E-state index >= 15 is 0 Å². The van der Waals surface area contributed by atoms with Gasteiger partial charge in [-0.05, 0) is 25.7 Å². The van der Waals surface area contributed by atoms with Crippen LogP contribution in [0, 0.1) is 5.92 Å². The third-order valence-electron chi connectivity index (χ3n) is 3.76. The fourth-order valence-corrected chi connectivity index (χ4v) is 2.86. The zero-order chi connectivity index (χ0) is 9.31. The molecule has 1 aliphatic carbocycles. The number of hydrogen-bond acceptors (Lipinski definition) is 2. The average molecular weight is 181 g/mol. The maximum absolute atomic E-state index is 11.2. The standard InChI is InChI=1S/C11H19NO/c1-11(7-10(13)8-12-11)9-5-3-2-4-6-9/h9,12H,2-8H2,1H3. The van der Waals surface area contributed by atoms with E-state index < -0.39 is 0 Å². The zero-order valence-electron chi connectivity index (χ0n) is 8.44. The molecule has 2 heteroatoms. The summed E-state index contributed by atoms with van der Waals surface area (Å²) in [6.07, 6.45) is 7.50. The van der Waals surface area contributed by atoms with Gasteiger partial charge in [0.05, 0.1) is 6.54 Å². The van der Waals surface area contributed by atoms with Gasteiger partial charge in [0.15, 0.2) is 0 Å². The van der Waals surface area contributed by atoms with Crippen LogP contribution in [0.3, 0.4) is 0 Å². The van der Waals surface area contributed by atoms with Crippen molar-refractivity contribution in [3.8, 4) is 0 Å². The van der Waals surface area contributed by atoms with Gasteiger partial charge in [0.25, 0.3) is 0 Å². The number of carbonyl (C=O) groups is 1. The Morgan fingerprint density at radius 3 is 2.54 bits per heavy atom. The largest absolute Gasteiger partial charge is 0.304 e. The molecule has 1 saturated carbocycles. The van der Waals surface area contributed by atoms with E-state index in [4.69, 9.17) is 0 Å². The molecule has 1 heterocycles. The molecule has 0 bridgehead atoms. The first-order valence-electron chi connectivity index (χ1n) is 5.47. The van der Waals surface area contributed by atoms with Gasteiger partial charge in [-0.1, -0.05) is 19.3 Å². The van der Waals surface area contributed by atoms with Crippen molar-refractivity contribution in [3.63, 3.8) is 0 Å². The summed E-state index contributed by atoms with van der Waals surface area (Å²) in [6.45, 7) is 2.83. The number of nitrogens with one attached hydrogen (secondary N) is 1. The molecule has 1 aliphatic heterocycles. The van der Waals surface area contributed by atoms with Gasteiger partial charge >= 0.3 is 0 Å². The smallest absolute Gasteiger partial charge is 0.148 e. The minimum absolute atomic E-state index is 0.136. The second-order valence-electron chi connectivity index (χ2n) is 4.82. The van der Waals surface area contributed by atoms with Gasteiger partial charge in [0.1, 0.15) is 5.78 Å². The fourth-order valence-electron chi connectivity index (χ4n) is 2.86. The van der Waals surface area contributed by atoms with Gasteiger partial charge in [0.2, 0.25) is 0 Å². The predicted octanol–water partition coefficient (Wildman–Crippen LogP) is 1.89. The molecule has 1 saturated heterocycles. The number of carbonyl (C=O) groups excluding carboxylic acids is 1. The predicted molar refractivity (Wildman–Crippen MR) is 52.6 cm³/mol. The summed E-state index contributed by atoms with van der Waals surface area (Å²) in [6, 6.07) is 0. The minimum atomic E-state index is 0.136. The molecule has 0 aromatic carbocycles. The van der Waals surface area contributed by atoms with Gasteiger partial charge in [-0.2, -0.15) is 0 Å². The molecule has 2 nitrogen and oxygen atoms in total. The van der Waals surface area contributed by atoms with Gasteiger partial charge in [-0.3, -0.25) is 4.79 Å². The number of ketones is 1. The Morgan fingerprint density at radius 1 is 1.31 bits per heavy atom. The highest BCUT2D eigenvalue weighted by atomic mass is 16.1. The van der Waals surface area contributed by atoms with Gasteiger partial charge < -0.3 is 5.32 Å². The third kappa shape index (κ3) is 1.78. The molecule has 0 aromatic heterocycles. The molecular formula is C11H19NO. The van der Waals surface area contributed by atoms with E-state index in [1.165, 1.54) is 32.1 Å². The highest BCUT2D eigenvalue weighted by molar-refractivity contribution is 5.84. The molecule has 0 aromatic rings. The van der Waals surface area contributed by atoms with Crippen LogP contribution in [0.1, 0.15) is 45.4 Å². The van der Waals surface area contributed by atoms with Crippen LogP contribution in [0.5, 0.6) is 0 Å². The summed E-state index contributed by atoms with van der Waals surface area (Å²) < 4.78 is 0. The summed E-state index contributed by atoms with van der Waals surface area (Å²) in [5, 5.41) is 3.40. The van der Waals surface area contributed by atoms with E-state index in [0.29, 0.717) is 12.3 Å². The molecule has 2 aliphatic rings. The Morgan fingerprint density at radius 2 is 2.00 bits per heavy atom. The Labute approximate surface area is 80.1 Å². The van der Waals surface area contributed by atoms with Crippen molar-refractivity contribution >= 4 is 5.78 Å². The van der Waals surface area contributed by atoms with Crippen molar-refractivity contribution in [2.45, 2.75) is 51.0 Å².